The van der Waals surface area contributed by atoms with E-state index < -0.39 is 5.97 Å². The smallest absolute Gasteiger partial charge is 0.309 e. The van der Waals surface area contributed by atoms with Crippen molar-refractivity contribution >= 4 is 33.5 Å². The van der Waals surface area contributed by atoms with Crippen LogP contribution in [0.25, 0.3) is 0 Å². The van der Waals surface area contributed by atoms with Gasteiger partial charge in [-0.1, -0.05) is 94.1 Å². The van der Waals surface area contributed by atoms with Crippen LogP contribution < -0.4 is 0 Å². The first-order valence-corrected chi connectivity index (χ1v) is 11.5. The van der Waals surface area contributed by atoms with Crippen LogP contribution in [0.3, 0.4) is 0 Å². The van der Waals surface area contributed by atoms with Crippen molar-refractivity contribution in [3.63, 3.8) is 0 Å². The number of hydrogen-bond donors (Lipinski definition) is 1. The van der Waals surface area contributed by atoms with Crippen LogP contribution in [0, 0.1) is 55.8 Å². The Labute approximate surface area is 328 Å². The number of hydrogen-bond acceptors (Lipinski definition) is 3. The number of carboxylic acids is 1. The van der Waals surface area contributed by atoms with E-state index in [1.54, 1.807) is 6.92 Å². The molecule has 4 nitrogen and oxygen atoms in total. The van der Waals surface area contributed by atoms with Crippen LogP contribution >= 0.6 is 27.5 Å². The molecule has 0 aliphatic heterocycles. The summed E-state index contributed by atoms with van der Waals surface area (Å²) < 4.78 is 0. The fourth-order valence-corrected chi connectivity index (χ4v) is 0.701. The molecule has 2 rings (SSSR count). The molecule has 3 radical (unpaired) electrons. The van der Waals surface area contributed by atoms with Crippen molar-refractivity contribution in [3.8, 4) is 12.1 Å². The number of nitriles is 2. The molecule has 2 saturated carbocycles. The molecule has 0 aromatic carbocycles. The second-order valence-electron chi connectivity index (χ2n) is 5.43. The molecule has 0 amide bonds. The van der Waals surface area contributed by atoms with Crippen LogP contribution in [0.15, 0.2) is 0 Å². The SMILES string of the molecule is C.C.C.C.CC.CC.CC.CC1(C#N)CC1.CC1(C(=O)O)CC1.CCC#N.ClCCBr.[CH3-].[CH3-].[CH3-].[Y].[Y].[Y]. The Kier molecular flexibility index (Phi) is 203. The molecule has 0 saturated heterocycles. The molecule has 9 heteroatoms. The summed E-state index contributed by atoms with van der Waals surface area (Å²) in [6.45, 7) is 17.6. The van der Waals surface area contributed by atoms with Gasteiger partial charge in [-0.05, 0) is 39.5 Å². The van der Waals surface area contributed by atoms with Crippen LogP contribution in [0.1, 0.15) is 124 Å². The molecule has 0 aromatic rings. The van der Waals surface area contributed by atoms with Gasteiger partial charge in [-0.2, -0.15) is 10.5 Å². The van der Waals surface area contributed by atoms with E-state index in [2.05, 4.69) is 22.0 Å². The Morgan fingerprint density at radius 1 is 0.838 bits per heavy atom. The summed E-state index contributed by atoms with van der Waals surface area (Å²) in [7, 11) is 0. The van der Waals surface area contributed by atoms with Gasteiger partial charge in [0.15, 0.2) is 0 Å². The standard InChI is InChI=1S/C5H7N.C5H8O2.C3H5N.C2H4BrCl.3C2H6.4CH4.3CH3.3Y/c1-5(4-6)2-3-5;1-5(2-3-5)4(6)7;1-2-3-4;3-1-2-4;3*1-2;;;;;;;;;;/h2-3H2,1H3;2-3H2,1H3,(H,6,7);2H2,1H3;1-2H2;3*1-2H3;4*1H4;3*1H3;;;/q;;;;;;;;;;;3*-1;;;. The van der Waals surface area contributed by atoms with Crippen molar-refractivity contribution in [2.45, 2.75) is 124 Å². The van der Waals surface area contributed by atoms with E-state index in [9.17, 15) is 4.79 Å². The predicted octanol–water partition coefficient (Wildman–Crippen LogP) is 11.7. The van der Waals surface area contributed by atoms with E-state index in [1.807, 2.05) is 61.5 Å². The summed E-state index contributed by atoms with van der Waals surface area (Å²) in [5, 5.41) is 25.1. The molecule has 0 heterocycles. The first-order chi connectivity index (χ1) is 12.7. The number of carbonyl (C=O) groups is 1. The van der Waals surface area contributed by atoms with Gasteiger partial charge >= 0.3 is 5.97 Å². The van der Waals surface area contributed by atoms with E-state index in [0.717, 1.165) is 31.0 Å². The van der Waals surface area contributed by atoms with Gasteiger partial charge < -0.3 is 27.4 Å². The fraction of sp³-hybridized carbons (Fsp3) is 0.786. The number of rotatable bonds is 2. The van der Waals surface area contributed by atoms with Crippen molar-refractivity contribution < 1.29 is 108 Å². The monoisotopic (exact) mass is 844 g/mol. The van der Waals surface area contributed by atoms with E-state index in [4.69, 9.17) is 27.2 Å². The average molecular weight is 846 g/mol. The van der Waals surface area contributed by atoms with Crippen molar-refractivity contribution in [2.24, 2.45) is 10.8 Å². The number of halogens is 2. The number of aliphatic carboxylic acids is 1. The van der Waals surface area contributed by atoms with Gasteiger partial charge in [0, 0.05) is 116 Å². The Morgan fingerprint density at radius 3 is 1.05 bits per heavy atom. The third-order valence-corrected chi connectivity index (χ3v) is 4.06. The zero-order valence-electron chi connectivity index (χ0n) is 23.7. The van der Waals surface area contributed by atoms with Crippen molar-refractivity contribution in [1.82, 2.24) is 0 Å². The van der Waals surface area contributed by atoms with E-state index >= 15 is 0 Å². The van der Waals surface area contributed by atoms with Crippen LogP contribution in [0.5, 0.6) is 0 Å². The van der Waals surface area contributed by atoms with Gasteiger partial charge in [0.05, 0.1) is 23.0 Å². The van der Waals surface area contributed by atoms with E-state index in [-0.39, 0.29) is 161 Å². The van der Waals surface area contributed by atoms with Gasteiger partial charge in [-0.25, -0.2) is 0 Å². The summed E-state index contributed by atoms with van der Waals surface area (Å²) >= 11 is 8.26. The summed E-state index contributed by atoms with van der Waals surface area (Å²) in [6, 6.07) is 4.15. The summed E-state index contributed by atoms with van der Waals surface area (Å²) in [4.78, 5) is 10.1. The third-order valence-electron chi connectivity index (χ3n) is 3.02. The minimum atomic E-state index is -0.646. The predicted molar refractivity (Wildman–Crippen MR) is 169 cm³/mol. The van der Waals surface area contributed by atoms with Crippen LogP contribution in [-0.2, 0) is 103 Å². The molecule has 0 bridgehead atoms. The third kappa shape index (κ3) is 92.9. The maximum Gasteiger partial charge on any atom is 0.309 e. The zero-order valence-corrected chi connectivity index (χ0v) is 34.5. The maximum absolute atomic E-state index is 10.1. The summed E-state index contributed by atoms with van der Waals surface area (Å²) in [6.07, 6.45) is 4.58. The molecule has 0 unspecified atom stereocenters. The normalized spacial score (nSPS) is 10.5. The fourth-order valence-electron chi connectivity index (χ4n) is 0.701. The minimum absolute atomic E-state index is 0. The average Bonchev–Trinajstić information content (AvgIpc) is 3.66. The van der Waals surface area contributed by atoms with Gasteiger partial charge in [0.25, 0.3) is 0 Å². The number of nitrogens with zero attached hydrogens (tertiary/aromatic N) is 2. The largest absolute Gasteiger partial charge is 0.481 e. The molecule has 2 fully saturated rings. The topological polar surface area (TPSA) is 84.9 Å². The molecule has 0 spiro atoms. The molecular formula is C28H67BrClN2O2Y3-3. The molecule has 0 atom stereocenters. The van der Waals surface area contributed by atoms with Crippen LogP contribution in [0.2, 0.25) is 0 Å². The second kappa shape index (κ2) is 77.1. The van der Waals surface area contributed by atoms with E-state index in [0.29, 0.717) is 12.3 Å². The van der Waals surface area contributed by atoms with Crippen LogP contribution in [-0.4, -0.2) is 22.3 Å². The minimum Gasteiger partial charge on any atom is -0.481 e. The second-order valence-corrected chi connectivity index (χ2v) is 6.60. The van der Waals surface area contributed by atoms with Crippen molar-refractivity contribution in [1.29, 1.82) is 10.5 Å². The van der Waals surface area contributed by atoms with Gasteiger partial charge in [-0.15, -0.1) is 11.6 Å². The Bertz CT molecular complexity index is 398. The van der Waals surface area contributed by atoms with Crippen molar-refractivity contribution in [3.05, 3.63) is 22.3 Å². The molecule has 2 aliphatic carbocycles. The van der Waals surface area contributed by atoms with Crippen molar-refractivity contribution in [2.75, 3.05) is 11.2 Å². The van der Waals surface area contributed by atoms with Gasteiger partial charge in [-0.3, -0.25) is 4.79 Å². The van der Waals surface area contributed by atoms with Gasteiger partial charge in [0.1, 0.15) is 0 Å². The number of alkyl halides is 2. The summed E-state index contributed by atoms with van der Waals surface area (Å²) in [5.74, 6) is 0.0625. The van der Waals surface area contributed by atoms with E-state index in [1.165, 1.54) is 0 Å². The Hall–Kier alpha value is 2.53. The first-order valence-electron chi connectivity index (χ1n) is 9.88. The molecule has 0 aromatic heterocycles. The molecule has 37 heavy (non-hydrogen) atoms. The maximum atomic E-state index is 10.1. The molecule has 2 aliphatic rings. The van der Waals surface area contributed by atoms with Gasteiger partial charge in [0.2, 0.25) is 0 Å². The number of carboxylic acid groups (broad SMARTS) is 1. The quantitative estimate of drug-likeness (QED) is 0.222. The molecular weight excluding hydrogens is 778 g/mol. The zero-order chi connectivity index (χ0) is 22.9. The Balaban J connectivity index is -0.0000000118. The first kappa shape index (κ1) is 97.5. The molecule has 1 N–H and O–H groups in total. The van der Waals surface area contributed by atoms with Crippen LogP contribution in [0.4, 0.5) is 0 Å². The Morgan fingerprint density at radius 2 is 1.05 bits per heavy atom. The summed E-state index contributed by atoms with van der Waals surface area (Å²) in [5.41, 5.74) is -0.236. The molecule has 227 valence electrons.